The van der Waals surface area contributed by atoms with Gasteiger partial charge in [0.25, 0.3) is 0 Å². The van der Waals surface area contributed by atoms with Crippen LogP contribution in [-0.4, -0.2) is 19.2 Å². The van der Waals surface area contributed by atoms with Crippen LogP contribution in [0.4, 0.5) is 0 Å². The smallest absolute Gasteiger partial charge is 0.343 e. The highest BCUT2D eigenvalue weighted by molar-refractivity contribution is 5.91. The van der Waals surface area contributed by atoms with E-state index in [-0.39, 0.29) is 5.97 Å². The lowest BCUT2D eigenvalue weighted by Crippen LogP contribution is -2.21. The number of rotatable bonds is 17. The van der Waals surface area contributed by atoms with E-state index in [0.717, 1.165) is 42.8 Å². The Hall–Kier alpha value is -2.75. The van der Waals surface area contributed by atoms with Gasteiger partial charge in [-0.25, -0.2) is 4.79 Å². The quantitative estimate of drug-likeness (QED) is 0.0902. The van der Waals surface area contributed by atoms with Gasteiger partial charge in [0, 0.05) is 0 Å². The Kier molecular flexibility index (Phi) is 13.3. The van der Waals surface area contributed by atoms with Crippen LogP contribution in [0.3, 0.4) is 0 Å². The molecule has 0 saturated heterocycles. The van der Waals surface area contributed by atoms with Crippen LogP contribution in [0.25, 0.3) is 0 Å². The zero-order chi connectivity index (χ0) is 27.0. The maximum absolute atomic E-state index is 12.6. The van der Waals surface area contributed by atoms with Gasteiger partial charge in [-0.1, -0.05) is 64.9 Å². The maximum Gasteiger partial charge on any atom is 0.343 e. The molecule has 2 aromatic carbocycles. The van der Waals surface area contributed by atoms with Gasteiger partial charge in [0.15, 0.2) is 0 Å². The third-order valence-electron chi connectivity index (χ3n) is 7.83. The Bertz CT molecular complexity index is 934. The first-order valence-corrected chi connectivity index (χ1v) is 14.9. The molecule has 3 unspecified atom stereocenters. The van der Waals surface area contributed by atoms with E-state index in [1.54, 1.807) is 24.3 Å². The minimum Gasteiger partial charge on any atom is -0.494 e. The van der Waals surface area contributed by atoms with E-state index in [9.17, 15) is 4.79 Å². The number of carbonyl (C=O) groups excluding carboxylic acids is 1. The van der Waals surface area contributed by atoms with E-state index in [0.29, 0.717) is 23.8 Å². The number of esters is 1. The molecule has 1 fully saturated rings. The van der Waals surface area contributed by atoms with Crippen molar-refractivity contribution in [2.24, 2.45) is 17.8 Å². The van der Waals surface area contributed by atoms with Gasteiger partial charge in [-0.2, -0.15) is 0 Å². The molecule has 0 spiro atoms. The van der Waals surface area contributed by atoms with Crippen LogP contribution < -0.4 is 14.2 Å². The third kappa shape index (κ3) is 10.9. The Morgan fingerprint density at radius 2 is 1.61 bits per heavy atom. The van der Waals surface area contributed by atoms with Crippen molar-refractivity contribution in [3.63, 3.8) is 0 Å². The van der Waals surface area contributed by atoms with E-state index < -0.39 is 0 Å². The Morgan fingerprint density at radius 3 is 2.34 bits per heavy atom. The summed E-state index contributed by atoms with van der Waals surface area (Å²) in [6.07, 6.45) is 16.9. The molecule has 0 amide bonds. The minimum absolute atomic E-state index is 0.375. The highest BCUT2D eigenvalue weighted by Gasteiger charge is 2.22. The van der Waals surface area contributed by atoms with E-state index in [2.05, 4.69) is 20.4 Å². The molecule has 1 aliphatic carbocycles. The lowest BCUT2D eigenvalue weighted by Gasteiger charge is -2.29. The van der Waals surface area contributed by atoms with Crippen molar-refractivity contribution in [1.82, 2.24) is 0 Å². The highest BCUT2D eigenvalue weighted by atomic mass is 16.5. The molecule has 0 N–H and O–H groups in total. The second-order valence-corrected chi connectivity index (χ2v) is 11.0. The van der Waals surface area contributed by atoms with Crippen LogP contribution in [0.1, 0.15) is 101 Å². The molecule has 1 saturated carbocycles. The lowest BCUT2D eigenvalue weighted by molar-refractivity contribution is 0.0734. The summed E-state index contributed by atoms with van der Waals surface area (Å²) in [5.74, 6) is 4.00. The molecule has 0 aromatic heterocycles. The molecule has 0 heterocycles. The van der Waals surface area contributed by atoms with Crippen molar-refractivity contribution < 1.29 is 19.0 Å². The largest absolute Gasteiger partial charge is 0.494 e. The van der Waals surface area contributed by atoms with Crippen molar-refractivity contribution in [2.75, 3.05) is 13.2 Å². The fourth-order valence-corrected chi connectivity index (χ4v) is 5.20. The standard InChI is InChI=1S/C34H48O4/c1-4-6-8-13-28-14-11-15-29(25-28)26-37-32-20-22-33(23-21-32)38-34(35)30-16-18-31(19-17-30)36-24-10-7-9-12-27(3)5-2/h4,16-23,27-29H,1,5-15,24-26H2,2-3H3. The molecular weight excluding hydrogens is 472 g/mol. The summed E-state index contributed by atoms with van der Waals surface area (Å²) in [6.45, 7) is 9.85. The average Bonchev–Trinajstić information content (AvgIpc) is 2.95. The number of allylic oxidation sites excluding steroid dienone is 1. The molecule has 4 nitrogen and oxygen atoms in total. The molecule has 3 rings (SSSR count). The van der Waals surface area contributed by atoms with Crippen molar-refractivity contribution in [2.45, 2.75) is 90.9 Å². The fourth-order valence-electron chi connectivity index (χ4n) is 5.20. The Morgan fingerprint density at radius 1 is 0.921 bits per heavy atom. The lowest BCUT2D eigenvalue weighted by atomic mass is 9.79. The summed E-state index contributed by atoms with van der Waals surface area (Å²) in [4.78, 5) is 12.6. The Balaban J connectivity index is 1.35. The first kappa shape index (κ1) is 29.8. The molecule has 2 aromatic rings. The number of benzene rings is 2. The molecule has 3 atom stereocenters. The molecule has 38 heavy (non-hydrogen) atoms. The van der Waals surface area contributed by atoms with Crippen LogP contribution in [0, 0.1) is 17.8 Å². The third-order valence-corrected chi connectivity index (χ3v) is 7.83. The van der Waals surface area contributed by atoms with E-state index in [1.165, 1.54) is 64.2 Å². The monoisotopic (exact) mass is 520 g/mol. The van der Waals surface area contributed by atoms with Gasteiger partial charge in [-0.15, -0.1) is 6.58 Å². The summed E-state index contributed by atoms with van der Waals surface area (Å²) in [7, 11) is 0. The maximum atomic E-state index is 12.6. The zero-order valence-corrected chi connectivity index (χ0v) is 23.7. The highest BCUT2D eigenvalue weighted by Crippen LogP contribution is 2.33. The molecule has 0 bridgehead atoms. The van der Waals surface area contributed by atoms with Crippen LogP contribution in [0.2, 0.25) is 0 Å². The normalized spacial score (nSPS) is 17.9. The SMILES string of the molecule is C=CCCCC1CCCC(COc2ccc(OC(=O)c3ccc(OCCCCCC(C)CC)cc3)cc2)C1. The van der Waals surface area contributed by atoms with Crippen molar-refractivity contribution in [1.29, 1.82) is 0 Å². The van der Waals surface area contributed by atoms with Crippen LogP contribution in [-0.2, 0) is 0 Å². The second-order valence-electron chi connectivity index (χ2n) is 11.0. The van der Waals surface area contributed by atoms with Gasteiger partial charge in [-0.05, 0) is 98.4 Å². The number of carbonyl (C=O) groups is 1. The predicted octanol–water partition coefficient (Wildman–Crippen LogP) is 9.43. The van der Waals surface area contributed by atoms with Gasteiger partial charge in [0.2, 0.25) is 0 Å². The van der Waals surface area contributed by atoms with Crippen molar-refractivity contribution in [3.05, 3.63) is 66.7 Å². The van der Waals surface area contributed by atoms with Crippen LogP contribution in [0.5, 0.6) is 17.2 Å². The molecule has 1 aliphatic rings. The molecule has 0 aliphatic heterocycles. The van der Waals surface area contributed by atoms with Crippen molar-refractivity contribution in [3.8, 4) is 17.2 Å². The number of hydrogen-bond donors (Lipinski definition) is 0. The van der Waals surface area contributed by atoms with Gasteiger partial charge in [0.1, 0.15) is 17.2 Å². The van der Waals surface area contributed by atoms with Crippen molar-refractivity contribution >= 4 is 5.97 Å². The number of hydrogen-bond acceptors (Lipinski definition) is 4. The first-order valence-electron chi connectivity index (χ1n) is 14.9. The summed E-state index contributed by atoms with van der Waals surface area (Å²) >= 11 is 0. The van der Waals surface area contributed by atoms with Gasteiger partial charge in [-0.3, -0.25) is 0 Å². The van der Waals surface area contributed by atoms with E-state index in [1.807, 2.05) is 30.3 Å². The first-order chi connectivity index (χ1) is 18.6. The Labute approximate surface area is 230 Å². The summed E-state index contributed by atoms with van der Waals surface area (Å²) in [6, 6.07) is 14.5. The minimum atomic E-state index is -0.375. The fraction of sp³-hybridized carbons (Fsp3) is 0.559. The van der Waals surface area contributed by atoms with Crippen LogP contribution in [0.15, 0.2) is 61.2 Å². The van der Waals surface area contributed by atoms with Gasteiger partial charge in [0.05, 0.1) is 18.8 Å². The molecular formula is C34H48O4. The second kappa shape index (κ2) is 17.0. The van der Waals surface area contributed by atoms with E-state index >= 15 is 0 Å². The molecule has 208 valence electrons. The summed E-state index contributed by atoms with van der Waals surface area (Å²) < 4.78 is 17.5. The predicted molar refractivity (Wildman–Crippen MR) is 156 cm³/mol. The number of unbranched alkanes of at least 4 members (excludes halogenated alkanes) is 3. The van der Waals surface area contributed by atoms with Gasteiger partial charge >= 0.3 is 5.97 Å². The van der Waals surface area contributed by atoms with Gasteiger partial charge < -0.3 is 14.2 Å². The van der Waals surface area contributed by atoms with E-state index in [4.69, 9.17) is 14.2 Å². The average molecular weight is 521 g/mol. The number of ether oxygens (including phenoxy) is 3. The molecule has 0 radical (unpaired) electrons. The summed E-state index contributed by atoms with van der Waals surface area (Å²) in [5.41, 5.74) is 0.506. The van der Waals surface area contributed by atoms with Crippen LogP contribution >= 0.6 is 0 Å². The zero-order valence-electron chi connectivity index (χ0n) is 23.7. The molecule has 4 heteroatoms. The summed E-state index contributed by atoms with van der Waals surface area (Å²) in [5, 5.41) is 0. The topological polar surface area (TPSA) is 44.8 Å².